The number of carbonyl (C=O) groups is 1. The van der Waals surface area contributed by atoms with E-state index in [9.17, 15) is 9.90 Å². The van der Waals surface area contributed by atoms with Crippen molar-refractivity contribution >= 4 is 6.03 Å². The van der Waals surface area contributed by atoms with Crippen molar-refractivity contribution in [3.8, 4) is 0 Å². The fourth-order valence-corrected chi connectivity index (χ4v) is 2.37. The van der Waals surface area contributed by atoms with E-state index < -0.39 is 6.10 Å². The third kappa shape index (κ3) is 5.75. The summed E-state index contributed by atoms with van der Waals surface area (Å²) in [6.45, 7) is 4.40. The molecule has 0 heterocycles. The molecule has 2 aromatic carbocycles. The summed E-state index contributed by atoms with van der Waals surface area (Å²) in [6, 6.07) is 17.2. The Labute approximate surface area is 137 Å². The quantitative estimate of drug-likeness (QED) is 0.766. The number of aliphatic hydroxyl groups is 1. The van der Waals surface area contributed by atoms with Crippen molar-refractivity contribution < 1.29 is 9.90 Å². The van der Waals surface area contributed by atoms with Crippen LogP contribution in [0.2, 0.25) is 0 Å². The van der Waals surface area contributed by atoms with Crippen LogP contribution in [0.4, 0.5) is 4.79 Å². The Morgan fingerprint density at radius 3 is 2.39 bits per heavy atom. The summed E-state index contributed by atoms with van der Waals surface area (Å²) in [4.78, 5) is 11.9. The Hall–Kier alpha value is -2.33. The van der Waals surface area contributed by atoms with Gasteiger partial charge in [-0.15, -0.1) is 0 Å². The minimum absolute atomic E-state index is 0.122. The predicted octanol–water partition coefficient (Wildman–Crippen LogP) is 3.31. The van der Waals surface area contributed by atoms with Gasteiger partial charge in [0.2, 0.25) is 0 Å². The summed E-state index contributed by atoms with van der Waals surface area (Å²) in [5.74, 6) is 0. The monoisotopic (exact) mass is 312 g/mol. The maximum atomic E-state index is 11.9. The Kier molecular flexibility index (Phi) is 6.18. The molecule has 0 spiro atoms. The van der Waals surface area contributed by atoms with Crippen LogP contribution in [-0.2, 0) is 6.54 Å². The summed E-state index contributed by atoms with van der Waals surface area (Å²) < 4.78 is 0. The highest BCUT2D eigenvalue weighted by Crippen LogP contribution is 2.17. The molecule has 4 heteroatoms. The molecule has 23 heavy (non-hydrogen) atoms. The van der Waals surface area contributed by atoms with Gasteiger partial charge in [-0.2, -0.15) is 0 Å². The van der Waals surface area contributed by atoms with E-state index in [1.165, 1.54) is 5.56 Å². The van der Waals surface area contributed by atoms with Crippen LogP contribution < -0.4 is 10.6 Å². The molecule has 0 aliphatic heterocycles. The SMILES string of the molecule is Cc1ccc(CNC(=O)NC(C)CC(O)c2ccccc2)cc1. The molecule has 0 saturated heterocycles. The van der Waals surface area contributed by atoms with Crippen LogP contribution in [0.3, 0.4) is 0 Å². The maximum Gasteiger partial charge on any atom is 0.315 e. The lowest BCUT2D eigenvalue weighted by molar-refractivity contribution is 0.154. The molecule has 0 radical (unpaired) electrons. The Bertz CT molecular complexity index is 611. The van der Waals surface area contributed by atoms with Crippen LogP contribution >= 0.6 is 0 Å². The second kappa shape index (κ2) is 8.34. The van der Waals surface area contributed by atoms with Gasteiger partial charge in [-0.25, -0.2) is 4.79 Å². The first kappa shape index (κ1) is 17.0. The molecule has 2 unspecified atom stereocenters. The molecule has 0 aliphatic rings. The zero-order chi connectivity index (χ0) is 16.7. The maximum absolute atomic E-state index is 11.9. The first-order chi connectivity index (χ1) is 11.0. The van der Waals surface area contributed by atoms with E-state index in [0.29, 0.717) is 13.0 Å². The summed E-state index contributed by atoms with van der Waals surface area (Å²) in [5, 5.41) is 15.8. The third-order valence-corrected chi connectivity index (χ3v) is 3.71. The van der Waals surface area contributed by atoms with Gasteiger partial charge in [0.15, 0.2) is 0 Å². The van der Waals surface area contributed by atoms with Gasteiger partial charge in [0.25, 0.3) is 0 Å². The van der Waals surface area contributed by atoms with Gasteiger partial charge in [-0.1, -0.05) is 60.2 Å². The normalized spacial score (nSPS) is 13.2. The summed E-state index contributed by atoms with van der Waals surface area (Å²) in [7, 11) is 0. The highest BCUT2D eigenvalue weighted by atomic mass is 16.3. The molecule has 0 fully saturated rings. The lowest BCUT2D eigenvalue weighted by Gasteiger charge is -2.18. The van der Waals surface area contributed by atoms with Crippen molar-refractivity contribution in [2.45, 2.75) is 39.0 Å². The number of amides is 2. The van der Waals surface area contributed by atoms with Crippen molar-refractivity contribution in [2.75, 3.05) is 0 Å². The number of hydrogen-bond acceptors (Lipinski definition) is 2. The molecule has 2 amide bonds. The lowest BCUT2D eigenvalue weighted by atomic mass is 10.0. The average molecular weight is 312 g/mol. The molecule has 2 aromatic rings. The molecule has 3 N–H and O–H groups in total. The van der Waals surface area contributed by atoms with Crippen molar-refractivity contribution in [1.29, 1.82) is 0 Å². The molecule has 0 aromatic heterocycles. The van der Waals surface area contributed by atoms with Crippen LogP contribution in [0, 0.1) is 6.92 Å². The van der Waals surface area contributed by atoms with Gasteiger partial charge >= 0.3 is 6.03 Å². The highest BCUT2D eigenvalue weighted by molar-refractivity contribution is 5.74. The van der Waals surface area contributed by atoms with E-state index >= 15 is 0 Å². The Morgan fingerprint density at radius 1 is 1.09 bits per heavy atom. The molecular formula is C19H24N2O2. The highest BCUT2D eigenvalue weighted by Gasteiger charge is 2.14. The Morgan fingerprint density at radius 2 is 1.74 bits per heavy atom. The van der Waals surface area contributed by atoms with Gasteiger partial charge in [-0.05, 0) is 31.4 Å². The molecule has 0 aliphatic carbocycles. The molecule has 2 rings (SSSR count). The standard InChI is InChI=1S/C19H24N2O2/c1-14-8-10-16(11-9-14)13-20-19(23)21-15(2)12-18(22)17-6-4-3-5-7-17/h3-11,15,18,22H,12-13H2,1-2H3,(H2,20,21,23). The number of rotatable bonds is 6. The molecule has 4 nitrogen and oxygen atoms in total. The second-order valence-corrected chi connectivity index (χ2v) is 5.88. The van der Waals surface area contributed by atoms with E-state index in [-0.39, 0.29) is 12.1 Å². The van der Waals surface area contributed by atoms with Crippen LogP contribution in [0.1, 0.15) is 36.1 Å². The molecular weight excluding hydrogens is 288 g/mol. The number of aliphatic hydroxyl groups excluding tert-OH is 1. The number of carbonyl (C=O) groups excluding carboxylic acids is 1. The van der Waals surface area contributed by atoms with Crippen molar-refractivity contribution in [3.63, 3.8) is 0 Å². The van der Waals surface area contributed by atoms with Crippen LogP contribution in [0.5, 0.6) is 0 Å². The number of hydrogen-bond donors (Lipinski definition) is 3. The minimum atomic E-state index is -0.580. The molecule has 0 saturated carbocycles. The summed E-state index contributed by atoms with van der Waals surface area (Å²) in [5.41, 5.74) is 3.12. The number of urea groups is 1. The van der Waals surface area contributed by atoms with Gasteiger partial charge in [0.1, 0.15) is 0 Å². The summed E-state index contributed by atoms with van der Waals surface area (Å²) >= 11 is 0. The zero-order valence-electron chi connectivity index (χ0n) is 13.6. The summed E-state index contributed by atoms with van der Waals surface area (Å²) in [6.07, 6.45) is -0.106. The second-order valence-electron chi connectivity index (χ2n) is 5.88. The predicted molar refractivity (Wildman–Crippen MR) is 92.0 cm³/mol. The van der Waals surface area contributed by atoms with E-state index in [1.54, 1.807) is 0 Å². The topological polar surface area (TPSA) is 61.4 Å². The van der Waals surface area contributed by atoms with E-state index in [1.807, 2.05) is 68.4 Å². The van der Waals surface area contributed by atoms with Gasteiger partial charge in [0, 0.05) is 12.6 Å². The number of benzene rings is 2. The van der Waals surface area contributed by atoms with Gasteiger partial charge in [-0.3, -0.25) is 0 Å². The fourth-order valence-electron chi connectivity index (χ4n) is 2.37. The van der Waals surface area contributed by atoms with E-state index in [4.69, 9.17) is 0 Å². The minimum Gasteiger partial charge on any atom is -0.388 e. The molecule has 122 valence electrons. The largest absolute Gasteiger partial charge is 0.388 e. The van der Waals surface area contributed by atoms with Gasteiger partial charge < -0.3 is 15.7 Å². The first-order valence-electron chi connectivity index (χ1n) is 7.87. The number of aryl methyl sites for hydroxylation is 1. The van der Waals surface area contributed by atoms with E-state index in [2.05, 4.69) is 10.6 Å². The van der Waals surface area contributed by atoms with E-state index in [0.717, 1.165) is 11.1 Å². The van der Waals surface area contributed by atoms with Crippen molar-refractivity contribution in [3.05, 3.63) is 71.3 Å². The third-order valence-electron chi connectivity index (χ3n) is 3.71. The smallest absolute Gasteiger partial charge is 0.315 e. The number of nitrogens with one attached hydrogen (secondary N) is 2. The fraction of sp³-hybridized carbons (Fsp3) is 0.316. The average Bonchev–Trinajstić information content (AvgIpc) is 2.55. The van der Waals surface area contributed by atoms with Gasteiger partial charge in [0.05, 0.1) is 6.10 Å². The molecule has 0 bridgehead atoms. The first-order valence-corrected chi connectivity index (χ1v) is 7.87. The lowest BCUT2D eigenvalue weighted by Crippen LogP contribution is -2.41. The zero-order valence-corrected chi connectivity index (χ0v) is 13.6. The van der Waals surface area contributed by atoms with Crippen molar-refractivity contribution in [1.82, 2.24) is 10.6 Å². The molecule has 2 atom stereocenters. The Balaban J connectivity index is 1.75. The van der Waals surface area contributed by atoms with Crippen molar-refractivity contribution in [2.24, 2.45) is 0 Å². The van der Waals surface area contributed by atoms with Crippen LogP contribution in [0.15, 0.2) is 54.6 Å². The van der Waals surface area contributed by atoms with Crippen LogP contribution in [-0.4, -0.2) is 17.2 Å². The van der Waals surface area contributed by atoms with Crippen LogP contribution in [0.25, 0.3) is 0 Å².